The first-order valence-corrected chi connectivity index (χ1v) is 10.8. The highest BCUT2D eigenvalue weighted by Gasteiger charge is 2.27. The van der Waals surface area contributed by atoms with E-state index in [4.69, 9.17) is 9.15 Å². The Balaban J connectivity index is 1.55. The van der Waals surface area contributed by atoms with Crippen LogP contribution in [0.5, 0.6) is 5.75 Å². The lowest BCUT2D eigenvalue weighted by molar-refractivity contribution is 0.0924. The van der Waals surface area contributed by atoms with Crippen LogP contribution in [0.4, 0.5) is 0 Å². The molecule has 1 aliphatic rings. The maximum absolute atomic E-state index is 12.7. The molecule has 29 heavy (non-hydrogen) atoms. The van der Waals surface area contributed by atoms with Gasteiger partial charge in [-0.15, -0.1) is 0 Å². The first kappa shape index (κ1) is 19.5. The average Bonchev–Trinajstić information content (AvgIpc) is 3.48. The van der Waals surface area contributed by atoms with Crippen molar-refractivity contribution in [2.24, 2.45) is 0 Å². The Morgan fingerprint density at radius 3 is 2.55 bits per heavy atom. The highest BCUT2D eigenvalue weighted by atomic mass is 32.2. The number of carbonyl (C=O) groups is 1. The third-order valence-electron chi connectivity index (χ3n) is 4.96. The van der Waals surface area contributed by atoms with Gasteiger partial charge in [0.05, 0.1) is 12.0 Å². The second kappa shape index (κ2) is 7.53. The number of sulfonamides is 1. The summed E-state index contributed by atoms with van der Waals surface area (Å²) < 4.78 is 38.8. The largest absolute Gasteiger partial charge is 0.497 e. The van der Waals surface area contributed by atoms with Crippen molar-refractivity contribution >= 4 is 26.9 Å². The Hall–Kier alpha value is -2.84. The summed E-state index contributed by atoms with van der Waals surface area (Å²) in [5.41, 5.74) is 1.93. The summed E-state index contributed by atoms with van der Waals surface area (Å²) in [5.74, 6) is 0.676. The van der Waals surface area contributed by atoms with Gasteiger partial charge in [-0.3, -0.25) is 4.79 Å². The molecule has 0 bridgehead atoms. The quantitative estimate of drug-likeness (QED) is 0.619. The van der Waals surface area contributed by atoms with Crippen LogP contribution in [-0.4, -0.2) is 27.5 Å². The topological polar surface area (TPSA) is 97.6 Å². The van der Waals surface area contributed by atoms with Gasteiger partial charge in [0.15, 0.2) is 5.76 Å². The highest BCUT2D eigenvalue weighted by Crippen LogP contribution is 2.29. The molecule has 0 aliphatic heterocycles. The number of benzene rings is 2. The van der Waals surface area contributed by atoms with Crippen LogP contribution < -0.4 is 14.8 Å². The second-order valence-electron chi connectivity index (χ2n) is 7.13. The number of amides is 1. The molecule has 1 fully saturated rings. The van der Waals surface area contributed by atoms with Gasteiger partial charge in [0.25, 0.3) is 5.91 Å². The van der Waals surface area contributed by atoms with E-state index >= 15 is 0 Å². The van der Waals surface area contributed by atoms with Crippen molar-refractivity contribution in [3.05, 3.63) is 59.4 Å². The molecule has 8 heteroatoms. The first-order valence-electron chi connectivity index (χ1n) is 9.34. The van der Waals surface area contributed by atoms with Gasteiger partial charge in [-0.25, -0.2) is 13.1 Å². The predicted octanol–water partition coefficient (Wildman–Crippen LogP) is 3.12. The van der Waals surface area contributed by atoms with Crippen LogP contribution in [0, 0.1) is 6.92 Å². The zero-order valence-corrected chi connectivity index (χ0v) is 17.0. The van der Waals surface area contributed by atoms with Crippen molar-refractivity contribution in [3.63, 3.8) is 0 Å². The molecule has 2 N–H and O–H groups in total. The molecular weight excluding hydrogens is 392 g/mol. The SMILES string of the molecule is COc1ccc(CNS(=O)(=O)c2ccc3oc(C(=O)NC4CC4)c(C)c3c2)cc1. The molecule has 1 saturated carbocycles. The van der Waals surface area contributed by atoms with Gasteiger partial charge in [0.1, 0.15) is 11.3 Å². The normalized spacial score (nSPS) is 14.1. The predicted molar refractivity (Wildman–Crippen MR) is 108 cm³/mol. The molecule has 3 aromatic rings. The Bertz CT molecular complexity index is 1160. The van der Waals surface area contributed by atoms with Crippen molar-refractivity contribution < 1.29 is 22.4 Å². The van der Waals surface area contributed by atoms with E-state index in [9.17, 15) is 13.2 Å². The number of carbonyl (C=O) groups excluding carboxylic acids is 1. The average molecular weight is 414 g/mol. The van der Waals surface area contributed by atoms with E-state index in [2.05, 4.69) is 10.0 Å². The minimum absolute atomic E-state index is 0.122. The fraction of sp³-hybridized carbons (Fsp3) is 0.286. The Kier molecular flexibility index (Phi) is 5.06. The molecule has 1 amide bonds. The van der Waals surface area contributed by atoms with Crippen LogP contribution in [0.2, 0.25) is 0 Å². The van der Waals surface area contributed by atoms with Crippen LogP contribution in [0.3, 0.4) is 0 Å². The van der Waals surface area contributed by atoms with Crippen LogP contribution in [-0.2, 0) is 16.6 Å². The van der Waals surface area contributed by atoms with Gasteiger partial charge >= 0.3 is 0 Å². The fourth-order valence-electron chi connectivity index (χ4n) is 3.07. The second-order valence-corrected chi connectivity index (χ2v) is 8.90. The van der Waals surface area contributed by atoms with Crippen molar-refractivity contribution in [1.29, 1.82) is 0 Å². The number of methoxy groups -OCH3 is 1. The number of nitrogens with one attached hydrogen (secondary N) is 2. The Labute approximate surface area is 169 Å². The first-order chi connectivity index (χ1) is 13.9. The molecule has 1 aromatic heterocycles. The molecule has 1 aliphatic carbocycles. The minimum atomic E-state index is -3.73. The van der Waals surface area contributed by atoms with E-state index in [0.29, 0.717) is 22.3 Å². The molecule has 0 unspecified atom stereocenters. The molecule has 4 rings (SSSR count). The van der Waals surface area contributed by atoms with E-state index in [-0.39, 0.29) is 29.1 Å². The molecule has 0 spiro atoms. The third-order valence-corrected chi connectivity index (χ3v) is 6.36. The van der Waals surface area contributed by atoms with Crippen molar-refractivity contribution in [2.75, 3.05) is 7.11 Å². The number of furan rings is 1. The highest BCUT2D eigenvalue weighted by molar-refractivity contribution is 7.89. The van der Waals surface area contributed by atoms with E-state index in [1.165, 1.54) is 6.07 Å². The van der Waals surface area contributed by atoms with E-state index < -0.39 is 10.0 Å². The van der Waals surface area contributed by atoms with Crippen molar-refractivity contribution in [1.82, 2.24) is 10.0 Å². The summed E-state index contributed by atoms with van der Waals surface area (Å²) in [6.07, 6.45) is 1.96. The lowest BCUT2D eigenvalue weighted by atomic mass is 10.1. The number of aryl methyl sites for hydroxylation is 1. The maximum atomic E-state index is 12.7. The summed E-state index contributed by atoms with van der Waals surface area (Å²) in [6.45, 7) is 1.92. The third kappa shape index (κ3) is 4.13. The fourth-order valence-corrected chi connectivity index (χ4v) is 4.11. The smallest absolute Gasteiger partial charge is 0.287 e. The molecule has 1 heterocycles. The van der Waals surface area contributed by atoms with Gasteiger partial charge in [-0.2, -0.15) is 0 Å². The van der Waals surface area contributed by atoms with Crippen molar-refractivity contribution in [3.8, 4) is 5.75 Å². The van der Waals surface area contributed by atoms with Crippen LogP contribution in [0.15, 0.2) is 51.8 Å². The number of rotatable bonds is 7. The number of hydrogen-bond acceptors (Lipinski definition) is 5. The van der Waals surface area contributed by atoms with Gasteiger partial charge < -0.3 is 14.5 Å². The molecule has 0 saturated heterocycles. The molecule has 152 valence electrons. The van der Waals surface area contributed by atoms with Crippen molar-refractivity contribution in [2.45, 2.75) is 37.2 Å². The maximum Gasteiger partial charge on any atom is 0.287 e. The summed E-state index contributed by atoms with van der Waals surface area (Å²) in [5, 5.41) is 3.50. The summed E-state index contributed by atoms with van der Waals surface area (Å²) >= 11 is 0. The van der Waals surface area contributed by atoms with Gasteiger partial charge in [-0.1, -0.05) is 12.1 Å². The van der Waals surface area contributed by atoms with Crippen LogP contribution >= 0.6 is 0 Å². The lowest BCUT2D eigenvalue weighted by Crippen LogP contribution is -2.25. The van der Waals surface area contributed by atoms with E-state index in [0.717, 1.165) is 18.4 Å². The van der Waals surface area contributed by atoms with E-state index in [1.807, 2.05) is 0 Å². The monoisotopic (exact) mass is 414 g/mol. The number of hydrogen-bond donors (Lipinski definition) is 2. The summed E-state index contributed by atoms with van der Waals surface area (Å²) in [6, 6.07) is 12.0. The molecular formula is C21H22N2O5S. The van der Waals surface area contributed by atoms with Gasteiger partial charge in [0, 0.05) is 23.5 Å². The number of ether oxygens (including phenoxy) is 1. The zero-order valence-electron chi connectivity index (χ0n) is 16.2. The Morgan fingerprint density at radius 2 is 1.90 bits per heavy atom. The minimum Gasteiger partial charge on any atom is -0.497 e. The summed E-state index contributed by atoms with van der Waals surface area (Å²) in [7, 11) is -2.15. The van der Waals surface area contributed by atoms with Crippen LogP contribution in [0.25, 0.3) is 11.0 Å². The molecule has 7 nitrogen and oxygen atoms in total. The lowest BCUT2D eigenvalue weighted by Gasteiger charge is -2.08. The van der Waals surface area contributed by atoms with Gasteiger partial charge in [-0.05, 0) is 55.7 Å². The summed E-state index contributed by atoms with van der Waals surface area (Å²) in [4.78, 5) is 12.4. The van der Waals surface area contributed by atoms with Crippen LogP contribution in [0.1, 0.15) is 34.5 Å². The molecule has 0 radical (unpaired) electrons. The Morgan fingerprint density at radius 1 is 1.17 bits per heavy atom. The molecule has 2 aromatic carbocycles. The number of fused-ring (bicyclic) bond motifs is 1. The standard InChI is InChI=1S/C21H22N2O5S/c1-13-18-11-17(9-10-19(18)28-20(13)21(24)23-15-5-6-15)29(25,26)22-12-14-3-7-16(27-2)8-4-14/h3-4,7-11,15,22H,5-6,12H2,1-2H3,(H,23,24). The van der Waals surface area contributed by atoms with E-state index in [1.54, 1.807) is 50.4 Å². The van der Waals surface area contributed by atoms with Gasteiger partial charge in [0.2, 0.25) is 10.0 Å². The zero-order chi connectivity index (χ0) is 20.6. The molecule has 0 atom stereocenters.